The third-order valence-electron chi connectivity index (χ3n) is 2.68. The highest BCUT2D eigenvalue weighted by Crippen LogP contribution is 2.09. The summed E-state index contributed by atoms with van der Waals surface area (Å²) in [7, 11) is 1.26. The lowest BCUT2D eigenvalue weighted by Gasteiger charge is -2.22. The number of nitrogens with one attached hydrogen (secondary N) is 1. The van der Waals surface area contributed by atoms with Crippen LogP contribution >= 0.6 is 0 Å². The molecule has 1 aromatic rings. The largest absolute Gasteiger partial charge is 0.467 e. The number of nitrogens with zero attached hydrogens (tertiary/aromatic N) is 3. The van der Waals surface area contributed by atoms with Crippen molar-refractivity contribution in [2.24, 2.45) is 0 Å². The van der Waals surface area contributed by atoms with E-state index >= 15 is 0 Å². The number of hydrogen-bond donors (Lipinski definition) is 1. The molecule has 0 saturated heterocycles. The zero-order chi connectivity index (χ0) is 16.9. The van der Waals surface area contributed by atoms with Gasteiger partial charge >= 0.3 is 12.1 Å². The Kier molecular flexibility index (Phi) is 5.90. The SMILES string of the molecule is COC(=O)[C@H](Cc1cn(C(C)C)nn1)NC(=O)OC(C)(C)C. The van der Waals surface area contributed by atoms with E-state index in [1.165, 1.54) is 7.11 Å². The number of amides is 1. The van der Waals surface area contributed by atoms with E-state index in [-0.39, 0.29) is 12.5 Å². The van der Waals surface area contributed by atoms with Gasteiger partial charge in [0, 0.05) is 18.7 Å². The fraction of sp³-hybridized carbons (Fsp3) is 0.714. The zero-order valence-corrected chi connectivity index (χ0v) is 13.9. The summed E-state index contributed by atoms with van der Waals surface area (Å²) in [5.41, 5.74) is -0.0638. The van der Waals surface area contributed by atoms with Crippen molar-refractivity contribution in [2.45, 2.75) is 58.7 Å². The van der Waals surface area contributed by atoms with E-state index in [1.807, 2.05) is 13.8 Å². The van der Waals surface area contributed by atoms with Crippen LogP contribution in [-0.4, -0.2) is 45.8 Å². The maximum atomic E-state index is 11.8. The molecule has 1 aromatic heterocycles. The van der Waals surface area contributed by atoms with Gasteiger partial charge in [0.1, 0.15) is 11.6 Å². The van der Waals surface area contributed by atoms with Crippen LogP contribution in [0.1, 0.15) is 46.4 Å². The topological polar surface area (TPSA) is 95.3 Å². The van der Waals surface area contributed by atoms with Crippen molar-refractivity contribution in [1.82, 2.24) is 20.3 Å². The van der Waals surface area contributed by atoms with Crippen molar-refractivity contribution in [2.75, 3.05) is 7.11 Å². The van der Waals surface area contributed by atoms with Gasteiger partial charge in [-0.25, -0.2) is 14.3 Å². The van der Waals surface area contributed by atoms with Gasteiger partial charge in [0.25, 0.3) is 0 Å². The predicted octanol–water partition coefficient (Wildman–Crippen LogP) is 1.47. The Hall–Kier alpha value is -2.12. The highest BCUT2D eigenvalue weighted by molar-refractivity contribution is 5.81. The minimum Gasteiger partial charge on any atom is -0.467 e. The van der Waals surface area contributed by atoms with Crippen LogP contribution < -0.4 is 5.32 Å². The normalized spacial score (nSPS) is 12.9. The number of hydrogen-bond acceptors (Lipinski definition) is 6. The molecule has 0 fully saturated rings. The summed E-state index contributed by atoms with van der Waals surface area (Å²) in [5, 5.41) is 10.5. The molecule has 0 aliphatic carbocycles. The molecule has 0 radical (unpaired) electrons. The molecule has 0 aliphatic heterocycles. The molecule has 124 valence electrons. The zero-order valence-electron chi connectivity index (χ0n) is 13.9. The van der Waals surface area contributed by atoms with E-state index in [0.717, 1.165) is 0 Å². The molecular formula is C14H24N4O4. The van der Waals surface area contributed by atoms with Crippen LogP contribution in [0.15, 0.2) is 6.20 Å². The van der Waals surface area contributed by atoms with Gasteiger partial charge in [0.15, 0.2) is 0 Å². The van der Waals surface area contributed by atoms with Gasteiger partial charge in [-0.15, -0.1) is 5.10 Å². The summed E-state index contributed by atoms with van der Waals surface area (Å²) in [6.45, 7) is 9.17. The molecule has 1 heterocycles. The predicted molar refractivity (Wildman–Crippen MR) is 79.3 cm³/mol. The number of aromatic nitrogens is 3. The Morgan fingerprint density at radius 2 is 2.00 bits per heavy atom. The van der Waals surface area contributed by atoms with Crippen molar-refractivity contribution in [1.29, 1.82) is 0 Å². The molecular weight excluding hydrogens is 288 g/mol. The lowest BCUT2D eigenvalue weighted by Crippen LogP contribution is -2.45. The van der Waals surface area contributed by atoms with Crippen LogP contribution in [0.25, 0.3) is 0 Å². The molecule has 1 amide bonds. The average Bonchev–Trinajstić information content (AvgIpc) is 2.83. The number of rotatable bonds is 5. The highest BCUT2D eigenvalue weighted by Gasteiger charge is 2.26. The standard InChI is InChI=1S/C14H24N4O4/c1-9(2)18-8-10(16-17-18)7-11(12(19)21-6)15-13(20)22-14(3,4)5/h8-9,11H,7H2,1-6H3,(H,15,20)/t11-/m0/s1. The van der Waals surface area contributed by atoms with Crippen molar-refractivity contribution in [3.8, 4) is 0 Å². The number of carbonyl (C=O) groups excluding carboxylic acids is 2. The first-order chi connectivity index (χ1) is 10.1. The van der Waals surface area contributed by atoms with Crippen LogP contribution in [-0.2, 0) is 20.7 Å². The molecule has 1 atom stereocenters. The molecule has 0 unspecified atom stereocenters. The fourth-order valence-electron chi connectivity index (χ4n) is 1.65. The molecule has 8 heteroatoms. The molecule has 0 aliphatic rings. The quantitative estimate of drug-likeness (QED) is 0.827. The van der Waals surface area contributed by atoms with Crippen LogP contribution in [0, 0.1) is 0 Å². The summed E-state index contributed by atoms with van der Waals surface area (Å²) in [6.07, 6.45) is 1.23. The Morgan fingerprint density at radius 1 is 1.36 bits per heavy atom. The highest BCUT2D eigenvalue weighted by atomic mass is 16.6. The van der Waals surface area contributed by atoms with Gasteiger partial charge in [-0.2, -0.15) is 0 Å². The molecule has 1 rings (SSSR count). The van der Waals surface area contributed by atoms with E-state index in [1.54, 1.807) is 31.6 Å². The fourth-order valence-corrected chi connectivity index (χ4v) is 1.65. The molecule has 0 spiro atoms. The summed E-state index contributed by atoms with van der Waals surface area (Å²) >= 11 is 0. The van der Waals surface area contributed by atoms with Crippen LogP contribution in [0.4, 0.5) is 4.79 Å². The minimum atomic E-state index is -0.878. The molecule has 0 bridgehead atoms. The second kappa shape index (κ2) is 7.24. The van der Waals surface area contributed by atoms with Crippen molar-refractivity contribution in [3.05, 3.63) is 11.9 Å². The molecule has 0 saturated carbocycles. The number of carbonyl (C=O) groups is 2. The second-order valence-corrected chi connectivity index (χ2v) is 6.21. The third-order valence-corrected chi connectivity index (χ3v) is 2.68. The van der Waals surface area contributed by atoms with E-state index in [4.69, 9.17) is 9.47 Å². The van der Waals surface area contributed by atoms with Gasteiger partial charge in [-0.05, 0) is 34.6 Å². The van der Waals surface area contributed by atoms with E-state index < -0.39 is 23.7 Å². The van der Waals surface area contributed by atoms with Crippen molar-refractivity contribution < 1.29 is 19.1 Å². The third kappa shape index (κ3) is 5.71. The van der Waals surface area contributed by atoms with Gasteiger partial charge < -0.3 is 14.8 Å². The monoisotopic (exact) mass is 312 g/mol. The molecule has 8 nitrogen and oxygen atoms in total. The first-order valence-corrected chi connectivity index (χ1v) is 7.10. The van der Waals surface area contributed by atoms with Gasteiger partial charge in [0.05, 0.1) is 12.8 Å². The van der Waals surface area contributed by atoms with Crippen LogP contribution in [0.5, 0.6) is 0 Å². The number of methoxy groups -OCH3 is 1. The first-order valence-electron chi connectivity index (χ1n) is 7.10. The Balaban J connectivity index is 2.76. The van der Waals surface area contributed by atoms with Gasteiger partial charge in [0.2, 0.25) is 0 Å². The molecule has 0 aromatic carbocycles. The van der Waals surface area contributed by atoms with Crippen LogP contribution in [0.3, 0.4) is 0 Å². The average molecular weight is 312 g/mol. The first kappa shape index (κ1) is 17.9. The van der Waals surface area contributed by atoms with E-state index in [0.29, 0.717) is 5.69 Å². The smallest absolute Gasteiger partial charge is 0.408 e. The van der Waals surface area contributed by atoms with E-state index in [9.17, 15) is 9.59 Å². The number of alkyl carbamates (subject to hydrolysis) is 1. The Morgan fingerprint density at radius 3 is 2.45 bits per heavy atom. The minimum absolute atomic E-state index is 0.164. The van der Waals surface area contributed by atoms with E-state index in [2.05, 4.69) is 15.6 Å². The maximum Gasteiger partial charge on any atom is 0.408 e. The maximum absolute atomic E-state index is 11.8. The Labute approximate surface area is 130 Å². The number of esters is 1. The summed E-state index contributed by atoms with van der Waals surface area (Å²) in [6, 6.07) is -0.714. The lowest BCUT2D eigenvalue weighted by molar-refractivity contribution is -0.143. The summed E-state index contributed by atoms with van der Waals surface area (Å²) < 4.78 is 11.5. The number of ether oxygens (including phenoxy) is 2. The van der Waals surface area contributed by atoms with Crippen LogP contribution in [0.2, 0.25) is 0 Å². The van der Waals surface area contributed by atoms with Crippen molar-refractivity contribution in [3.63, 3.8) is 0 Å². The lowest BCUT2D eigenvalue weighted by atomic mass is 10.1. The van der Waals surface area contributed by atoms with Gasteiger partial charge in [-0.1, -0.05) is 5.21 Å². The summed E-state index contributed by atoms with van der Waals surface area (Å²) in [5.74, 6) is -0.565. The molecule has 22 heavy (non-hydrogen) atoms. The summed E-state index contributed by atoms with van der Waals surface area (Å²) in [4.78, 5) is 23.6. The van der Waals surface area contributed by atoms with Gasteiger partial charge in [-0.3, -0.25) is 0 Å². The molecule has 1 N–H and O–H groups in total. The Bertz CT molecular complexity index is 519. The second-order valence-electron chi connectivity index (χ2n) is 6.21. The van der Waals surface area contributed by atoms with Crippen molar-refractivity contribution >= 4 is 12.1 Å².